The van der Waals surface area contributed by atoms with Crippen LogP contribution in [0.3, 0.4) is 0 Å². The number of amides is 2. The predicted octanol–water partition coefficient (Wildman–Crippen LogP) is 3.56. The summed E-state index contributed by atoms with van der Waals surface area (Å²) in [6.45, 7) is 6.58. The van der Waals surface area contributed by atoms with Crippen molar-refractivity contribution in [3.05, 3.63) is 53.1 Å². The lowest BCUT2D eigenvalue weighted by Crippen LogP contribution is -2.52. The number of benzene rings is 2. The van der Waals surface area contributed by atoms with Crippen molar-refractivity contribution >= 4 is 39.1 Å². The molecule has 3 rings (SSSR count). The van der Waals surface area contributed by atoms with Gasteiger partial charge in [-0.25, -0.2) is 8.42 Å². The minimum Gasteiger partial charge on any atom is -0.454 e. The van der Waals surface area contributed by atoms with Crippen LogP contribution in [0.2, 0.25) is 5.02 Å². The third kappa shape index (κ3) is 6.61. The van der Waals surface area contributed by atoms with Gasteiger partial charge in [0, 0.05) is 23.7 Å². The highest BCUT2D eigenvalue weighted by Gasteiger charge is 2.32. The van der Waals surface area contributed by atoms with Crippen molar-refractivity contribution in [3.63, 3.8) is 0 Å². The van der Waals surface area contributed by atoms with Gasteiger partial charge in [-0.2, -0.15) is 0 Å². The first-order valence-electron chi connectivity index (χ1n) is 11.8. The van der Waals surface area contributed by atoms with Crippen LogP contribution in [0.5, 0.6) is 11.5 Å². The Morgan fingerprint density at radius 3 is 2.47 bits per heavy atom. The highest BCUT2D eigenvalue weighted by atomic mass is 35.5. The van der Waals surface area contributed by atoms with Gasteiger partial charge in [0.15, 0.2) is 11.5 Å². The van der Waals surface area contributed by atoms with Gasteiger partial charge in [0.1, 0.15) is 12.6 Å². The molecule has 1 N–H and O–H groups in total. The molecule has 0 saturated carbocycles. The van der Waals surface area contributed by atoms with Gasteiger partial charge < -0.3 is 19.7 Å². The van der Waals surface area contributed by atoms with Gasteiger partial charge in [-0.15, -0.1) is 0 Å². The number of nitrogens with zero attached hydrogens (tertiary/aromatic N) is 2. The minimum atomic E-state index is -3.84. The Bertz CT molecular complexity index is 1210. The summed E-state index contributed by atoms with van der Waals surface area (Å²) in [7, 11) is -3.84. The van der Waals surface area contributed by atoms with E-state index in [9.17, 15) is 18.0 Å². The second-order valence-electron chi connectivity index (χ2n) is 8.59. The maximum atomic E-state index is 13.7. The number of sulfonamides is 1. The van der Waals surface area contributed by atoms with E-state index in [0.29, 0.717) is 22.1 Å². The van der Waals surface area contributed by atoms with Gasteiger partial charge in [0.2, 0.25) is 28.6 Å². The number of hydrogen-bond donors (Lipinski definition) is 1. The highest BCUT2D eigenvalue weighted by molar-refractivity contribution is 7.92. The zero-order chi connectivity index (χ0) is 26.5. The highest BCUT2D eigenvalue weighted by Crippen LogP contribution is 2.36. The van der Waals surface area contributed by atoms with Crippen molar-refractivity contribution in [1.29, 1.82) is 0 Å². The lowest BCUT2D eigenvalue weighted by Gasteiger charge is -2.32. The lowest BCUT2D eigenvalue weighted by atomic mass is 10.1. The topological polar surface area (TPSA) is 105 Å². The molecule has 1 aliphatic rings. The molecule has 0 unspecified atom stereocenters. The second-order valence-corrected chi connectivity index (χ2v) is 11.2. The quantitative estimate of drug-likeness (QED) is 0.470. The van der Waals surface area contributed by atoms with E-state index in [-0.39, 0.29) is 36.7 Å². The number of halogens is 1. The molecular formula is C25H32ClN3O6S. The average Bonchev–Trinajstić information content (AvgIpc) is 3.33. The third-order valence-electron chi connectivity index (χ3n) is 6.03. The van der Waals surface area contributed by atoms with Gasteiger partial charge in [-0.1, -0.05) is 30.7 Å². The maximum absolute atomic E-state index is 13.7. The fraction of sp³-hybridized carbons (Fsp3) is 0.440. The van der Waals surface area contributed by atoms with Crippen molar-refractivity contribution in [2.24, 2.45) is 0 Å². The molecule has 196 valence electrons. The largest absolute Gasteiger partial charge is 0.454 e. The van der Waals surface area contributed by atoms with Crippen LogP contribution in [0, 0.1) is 0 Å². The first kappa shape index (κ1) is 27.6. The first-order chi connectivity index (χ1) is 17.1. The van der Waals surface area contributed by atoms with E-state index in [0.717, 1.165) is 10.7 Å². The van der Waals surface area contributed by atoms with Crippen molar-refractivity contribution in [3.8, 4) is 11.5 Å². The zero-order valence-corrected chi connectivity index (χ0v) is 22.4. The summed E-state index contributed by atoms with van der Waals surface area (Å²) in [5, 5.41) is 3.39. The Kier molecular flexibility index (Phi) is 9.08. The van der Waals surface area contributed by atoms with E-state index < -0.39 is 28.5 Å². The molecule has 0 radical (unpaired) electrons. The molecule has 0 spiro atoms. The van der Waals surface area contributed by atoms with Gasteiger partial charge >= 0.3 is 0 Å². The molecule has 0 fully saturated rings. The van der Waals surface area contributed by atoms with Crippen molar-refractivity contribution in [2.75, 3.05) is 23.4 Å². The Labute approximate surface area is 217 Å². The summed E-state index contributed by atoms with van der Waals surface area (Å²) in [6, 6.07) is 10.7. The molecule has 0 aliphatic carbocycles. The minimum absolute atomic E-state index is 0.0362. The summed E-state index contributed by atoms with van der Waals surface area (Å²) < 4.78 is 37.8. The fourth-order valence-corrected chi connectivity index (χ4v) is 4.91. The van der Waals surface area contributed by atoms with Crippen molar-refractivity contribution in [1.82, 2.24) is 10.2 Å². The van der Waals surface area contributed by atoms with Crippen LogP contribution in [0.15, 0.2) is 42.5 Å². The maximum Gasteiger partial charge on any atom is 0.244 e. The summed E-state index contributed by atoms with van der Waals surface area (Å²) in [6.07, 6.45) is 0.729. The molecule has 1 heterocycles. The standard InChI is InChI=1S/C25H32ClN3O6S/c1-5-17(3)27-25(31)18(4)28(14-19-8-7-9-20(26)12-19)24(30)15-29(36(32,33)6-2)21-10-11-22-23(13-21)35-16-34-22/h7-13,17-18H,5-6,14-16H2,1-4H3,(H,27,31)/t17-,18+/m1/s1. The number of carbonyl (C=O) groups is 2. The molecule has 11 heteroatoms. The molecule has 9 nitrogen and oxygen atoms in total. The van der Waals surface area contributed by atoms with Crippen LogP contribution >= 0.6 is 11.6 Å². The lowest BCUT2D eigenvalue weighted by molar-refractivity contribution is -0.139. The molecule has 0 aromatic heterocycles. The molecule has 36 heavy (non-hydrogen) atoms. The number of carbonyl (C=O) groups excluding carboxylic acids is 2. The molecule has 0 bridgehead atoms. The van der Waals surface area contributed by atoms with Gasteiger partial charge in [0.05, 0.1) is 11.4 Å². The third-order valence-corrected chi connectivity index (χ3v) is 8.01. The smallest absolute Gasteiger partial charge is 0.244 e. The monoisotopic (exact) mass is 537 g/mol. The van der Waals surface area contributed by atoms with E-state index in [1.165, 1.54) is 17.9 Å². The van der Waals surface area contributed by atoms with Crippen LogP contribution in [-0.4, -0.2) is 56.3 Å². The summed E-state index contributed by atoms with van der Waals surface area (Å²) >= 11 is 6.13. The number of fused-ring (bicyclic) bond motifs is 1. The number of hydrogen-bond acceptors (Lipinski definition) is 6. The Morgan fingerprint density at radius 1 is 1.08 bits per heavy atom. The SMILES string of the molecule is CC[C@@H](C)NC(=O)[C@H](C)N(Cc1cccc(Cl)c1)C(=O)CN(c1ccc2c(c1)OCO2)S(=O)(=O)CC. The second kappa shape index (κ2) is 11.8. The van der Waals surface area contributed by atoms with Gasteiger partial charge in [-0.3, -0.25) is 13.9 Å². The van der Waals surface area contributed by atoms with Crippen molar-refractivity contribution < 1.29 is 27.5 Å². The van der Waals surface area contributed by atoms with Gasteiger partial charge in [0.25, 0.3) is 0 Å². The zero-order valence-electron chi connectivity index (χ0n) is 20.9. The normalized spacial score (nSPS) is 14.1. The Hall–Kier alpha value is -2.98. The fourth-order valence-electron chi connectivity index (χ4n) is 3.64. The molecule has 1 aliphatic heterocycles. The molecule has 2 aromatic rings. The average molecular weight is 538 g/mol. The Balaban J connectivity index is 1.94. The first-order valence-corrected chi connectivity index (χ1v) is 13.8. The predicted molar refractivity (Wildman–Crippen MR) is 139 cm³/mol. The van der Waals surface area contributed by atoms with Crippen LogP contribution in [0.4, 0.5) is 5.69 Å². The molecular weight excluding hydrogens is 506 g/mol. The number of rotatable bonds is 11. The van der Waals surface area contributed by atoms with E-state index in [2.05, 4.69) is 5.32 Å². The number of nitrogens with one attached hydrogen (secondary N) is 1. The molecule has 2 aromatic carbocycles. The summed E-state index contributed by atoms with van der Waals surface area (Å²) in [4.78, 5) is 28.0. The van der Waals surface area contributed by atoms with E-state index in [4.69, 9.17) is 21.1 Å². The van der Waals surface area contributed by atoms with Crippen LogP contribution < -0.4 is 19.1 Å². The van der Waals surface area contributed by atoms with Crippen LogP contribution in [0.25, 0.3) is 0 Å². The molecule has 2 amide bonds. The number of anilines is 1. The van der Waals surface area contributed by atoms with E-state index in [1.807, 2.05) is 13.8 Å². The van der Waals surface area contributed by atoms with Crippen LogP contribution in [0.1, 0.15) is 39.7 Å². The van der Waals surface area contributed by atoms with Crippen molar-refractivity contribution in [2.45, 2.75) is 52.7 Å². The van der Waals surface area contributed by atoms with E-state index in [1.54, 1.807) is 43.3 Å². The summed E-state index contributed by atoms with van der Waals surface area (Å²) in [5.41, 5.74) is 0.987. The molecule has 0 saturated heterocycles. The summed E-state index contributed by atoms with van der Waals surface area (Å²) in [5.74, 6) is -0.179. The molecule has 2 atom stereocenters. The van der Waals surface area contributed by atoms with Gasteiger partial charge in [-0.05, 0) is 57.0 Å². The van der Waals surface area contributed by atoms with E-state index >= 15 is 0 Å². The Morgan fingerprint density at radius 2 is 1.81 bits per heavy atom. The number of ether oxygens (including phenoxy) is 2. The van der Waals surface area contributed by atoms with Crippen LogP contribution in [-0.2, 0) is 26.2 Å².